The number of nitrogens with zero attached hydrogens (tertiary/aromatic N) is 6. The molecule has 4 heterocycles. The van der Waals surface area contributed by atoms with Crippen molar-refractivity contribution in [3.63, 3.8) is 0 Å². The van der Waals surface area contributed by atoms with Crippen molar-refractivity contribution in [3.05, 3.63) is 33.0 Å². The van der Waals surface area contributed by atoms with E-state index in [4.69, 9.17) is 22.1 Å². The minimum Gasteiger partial charge on any atom is -0.373 e. The van der Waals surface area contributed by atoms with Crippen LogP contribution in [0.4, 0.5) is 0 Å². The molecule has 0 amide bonds. The molecular formula is C19H30N6O3S3. The van der Waals surface area contributed by atoms with E-state index in [2.05, 4.69) is 16.3 Å². The molecule has 12 heteroatoms. The van der Waals surface area contributed by atoms with Gasteiger partial charge in [0.2, 0.25) is 0 Å². The fourth-order valence-electron chi connectivity index (χ4n) is 4.12. The minimum atomic E-state index is -3.47. The van der Waals surface area contributed by atoms with Crippen LogP contribution < -0.4 is 0 Å². The molecule has 4 rings (SSSR count). The van der Waals surface area contributed by atoms with Crippen molar-refractivity contribution in [1.82, 2.24) is 27.9 Å². The van der Waals surface area contributed by atoms with Gasteiger partial charge in [-0.05, 0) is 37.5 Å². The molecule has 0 N–H and O–H groups in total. The normalized spacial score (nSPS) is 24.6. The first-order chi connectivity index (χ1) is 14.7. The maximum Gasteiger partial charge on any atom is 0.282 e. The summed E-state index contributed by atoms with van der Waals surface area (Å²) in [4.78, 5) is 3.45. The van der Waals surface area contributed by atoms with E-state index in [0.29, 0.717) is 50.7 Å². The van der Waals surface area contributed by atoms with Crippen molar-refractivity contribution in [3.8, 4) is 0 Å². The van der Waals surface area contributed by atoms with Crippen molar-refractivity contribution < 1.29 is 13.2 Å². The van der Waals surface area contributed by atoms with Crippen LogP contribution in [0.15, 0.2) is 17.5 Å². The minimum absolute atomic E-state index is 0.0887. The van der Waals surface area contributed by atoms with E-state index in [0.717, 1.165) is 12.2 Å². The van der Waals surface area contributed by atoms with Crippen LogP contribution in [0, 0.1) is 4.77 Å². The van der Waals surface area contributed by atoms with E-state index in [9.17, 15) is 8.42 Å². The van der Waals surface area contributed by atoms with Crippen LogP contribution in [0.1, 0.15) is 24.5 Å². The number of hydrogen-bond acceptors (Lipinski definition) is 7. The molecular weight excluding hydrogens is 456 g/mol. The first-order valence-electron chi connectivity index (χ1n) is 10.5. The van der Waals surface area contributed by atoms with Crippen LogP contribution in [0.5, 0.6) is 0 Å². The molecule has 0 radical (unpaired) electrons. The summed E-state index contributed by atoms with van der Waals surface area (Å²) in [7, 11) is -1.52. The standard InChI is InChI=1S/C19H30N6O3S3/c1-15-12-24(13-16(2)28-15)31(26,27)23-8-6-22(7-9-23)14-25-19(29)21(3)18(20-25)11-17-5-4-10-30-17/h4-5,10,15-16H,6-9,11-14H2,1-3H3. The summed E-state index contributed by atoms with van der Waals surface area (Å²) < 4.78 is 39.5. The SMILES string of the molecule is CC1CN(S(=O)(=O)N2CCN(Cn3nc(Cc4cccs4)n(C)c3=S)CC2)CC(C)O1. The molecule has 0 spiro atoms. The molecule has 0 saturated carbocycles. The fourth-order valence-corrected chi connectivity index (χ4v) is 6.77. The van der Waals surface area contributed by atoms with Gasteiger partial charge in [-0.15, -0.1) is 11.3 Å². The number of ether oxygens (including phenoxy) is 1. The van der Waals surface area contributed by atoms with Crippen molar-refractivity contribution in [1.29, 1.82) is 0 Å². The van der Waals surface area contributed by atoms with Gasteiger partial charge in [-0.2, -0.15) is 22.1 Å². The van der Waals surface area contributed by atoms with Crippen molar-refractivity contribution in [2.75, 3.05) is 39.3 Å². The molecule has 2 unspecified atom stereocenters. The number of rotatable bonds is 6. The zero-order chi connectivity index (χ0) is 22.2. The molecule has 2 aromatic rings. The summed E-state index contributed by atoms with van der Waals surface area (Å²) in [6.45, 7) is 7.43. The third kappa shape index (κ3) is 5.10. The Hall–Kier alpha value is -1.15. The lowest BCUT2D eigenvalue weighted by Gasteiger charge is -2.40. The highest BCUT2D eigenvalue weighted by Gasteiger charge is 2.36. The average Bonchev–Trinajstić information content (AvgIpc) is 3.32. The molecule has 172 valence electrons. The van der Waals surface area contributed by atoms with Crippen LogP contribution in [0.2, 0.25) is 0 Å². The summed E-state index contributed by atoms with van der Waals surface area (Å²) in [5.41, 5.74) is 0. The first-order valence-corrected chi connectivity index (χ1v) is 13.2. The first kappa shape index (κ1) is 23.0. The van der Waals surface area contributed by atoms with Gasteiger partial charge in [-0.25, -0.2) is 4.68 Å². The molecule has 2 aromatic heterocycles. The van der Waals surface area contributed by atoms with Crippen molar-refractivity contribution in [2.45, 2.75) is 39.1 Å². The van der Waals surface area contributed by atoms with Gasteiger partial charge < -0.3 is 9.30 Å². The van der Waals surface area contributed by atoms with E-state index in [1.165, 1.54) is 4.88 Å². The van der Waals surface area contributed by atoms with Gasteiger partial charge in [0.15, 0.2) is 4.77 Å². The fraction of sp³-hybridized carbons (Fsp3) is 0.684. The highest BCUT2D eigenvalue weighted by Crippen LogP contribution is 2.19. The lowest BCUT2D eigenvalue weighted by atomic mass is 10.3. The van der Waals surface area contributed by atoms with Gasteiger partial charge in [0.25, 0.3) is 10.2 Å². The van der Waals surface area contributed by atoms with Gasteiger partial charge in [0.05, 0.1) is 18.9 Å². The smallest absolute Gasteiger partial charge is 0.282 e. The van der Waals surface area contributed by atoms with Crippen LogP contribution >= 0.6 is 23.6 Å². The van der Waals surface area contributed by atoms with Gasteiger partial charge in [-0.1, -0.05) is 6.07 Å². The highest BCUT2D eigenvalue weighted by molar-refractivity contribution is 7.86. The average molecular weight is 487 g/mol. The second-order valence-electron chi connectivity index (χ2n) is 8.25. The van der Waals surface area contributed by atoms with Crippen LogP contribution in [-0.2, 0) is 35.1 Å². The molecule has 2 fully saturated rings. The number of aromatic nitrogens is 3. The van der Waals surface area contributed by atoms with E-state index in [-0.39, 0.29) is 12.2 Å². The molecule has 2 aliphatic rings. The number of piperazine rings is 1. The third-order valence-electron chi connectivity index (χ3n) is 5.75. The van der Waals surface area contributed by atoms with Gasteiger partial charge >= 0.3 is 0 Å². The second-order valence-corrected chi connectivity index (χ2v) is 11.6. The summed E-state index contributed by atoms with van der Waals surface area (Å²) in [6, 6.07) is 4.14. The molecule has 9 nitrogen and oxygen atoms in total. The Balaban J connectivity index is 1.37. The van der Waals surface area contributed by atoms with E-state index >= 15 is 0 Å². The molecule has 31 heavy (non-hydrogen) atoms. The Labute approximate surface area is 193 Å². The van der Waals surface area contributed by atoms with E-state index < -0.39 is 10.2 Å². The van der Waals surface area contributed by atoms with Crippen LogP contribution in [0.3, 0.4) is 0 Å². The molecule has 2 aliphatic heterocycles. The maximum absolute atomic E-state index is 13.1. The number of morpholine rings is 1. The monoisotopic (exact) mass is 486 g/mol. The number of thiophene rings is 1. The summed E-state index contributed by atoms with van der Waals surface area (Å²) in [5, 5.41) is 6.78. The Kier molecular flexibility index (Phi) is 6.96. The van der Waals surface area contributed by atoms with E-state index in [1.807, 2.05) is 36.2 Å². The van der Waals surface area contributed by atoms with Crippen LogP contribution in [0.25, 0.3) is 0 Å². The lowest BCUT2D eigenvalue weighted by Crippen LogP contribution is -2.57. The molecule has 2 atom stereocenters. The molecule has 0 aliphatic carbocycles. The topological polar surface area (TPSA) is 75.8 Å². The third-order valence-corrected chi connectivity index (χ3v) is 9.08. The van der Waals surface area contributed by atoms with Crippen LogP contribution in [-0.4, -0.2) is 87.8 Å². The predicted molar refractivity (Wildman–Crippen MR) is 123 cm³/mol. The summed E-state index contributed by atoms with van der Waals surface area (Å²) >= 11 is 7.29. The highest BCUT2D eigenvalue weighted by atomic mass is 32.2. The van der Waals surface area contributed by atoms with Crippen molar-refractivity contribution in [2.24, 2.45) is 7.05 Å². The Morgan fingerprint density at radius 1 is 1.16 bits per heavy atom. The van der Waals surface area contributed by atoms with Gasteiger partial charge in [-0.3, -0.25) is 4.90 Å². The van der Waals surface area contributed by atoms with Crippen molar-refractivity contribution >= 4 is 33.8 Å². The zero-order valence-electron chi connectivity index (χ0n) is 18.2. The lowest BCUT2D eigenvalue weighted by molar-refractivity contribution is -0.0458. The molecule has 0 aromatic carbocycles. The molecule has 0 bridgehead atoms. The van der Waals surface area contributed by atoms with Gasteiger partial charge in [0.1, 0.15) is 5.82 Å². The Morgan fingerprint density at radius 3 is 2.45 bits per heavy atom. The molecule has 2 saturated heterocycles. The Morgan fingerprint density at radius 2 is 1.84 bits per heavy atom. The quantitative estimate of drug-likeness (QED) is 0.577. The predicted octanol–water partition coefficient (Wildman–Crippen LogP) is 1.53. The summed E-state index contributed by atoms with van der Waals surface area (Å²) in [5.74, 6) is 0.934. The second kappa shape index (κ2) is 9.38. The van der Waals surface area contributed by atoms with E-state index in [1.54, 1.807) is 19.9 Å². The maximum atomic E-state index is 13.1. The van der Waals surface area contributed by atoms with Gasteiger partial charge in [0, 0.05) is 57.6 Å². The zero-order valence-corrected chi connectivity index (χ0v) is 20.6. The number of hydrogen-bond donors (Lipinski definition) is 0. The summed E-state index contributed by atoms with van der Waals surface area (Å²) in [6.07, 6.45) is 0.580. The largest absolute Gasteiger partial charge is 0.373 e. The Bertz CT molecular complexity index is 1030.